The van der Waals surface area contributed by atoms with Crippen LogP contribution in [0.15, 0.2) is 24.3 Å². The van der Waals surface area contributed by atoms with Crippen molar-refractivity contribution in [3.05, 3.63) is 41.1 Å². The average Bonchev–Trinajstić information content (AvgIpc) is 3.08. The van der Waals surface area contributed by atoms with Crippen molar-refractivity contribution in [3.8, 4) is 5.69 Å². The molecule has 1 unspecified atom stereocenters. The molecule has 1 aromatic heterocycles. The number of hydrogen-bond donors (Lipinski definition) is 2. The number of aromatic nitrogens is 2. The van der Waals surface area contributed by atoms with Gasteiger partial charge in [-0.1, -0.05) is 24.6 Å². The van der Waals surface area contributed by atoms with E-state index in [1.54, 1.807) is 6.92 Å². The van der Waals surface area contributed by atoms with E-state index in [1.165, 1.54) is 4.68 Å². The lowest BCUT2D eigenvalue weighted by molar-refractivity contribution is -0.136. The number of carbonyl (C=O) groups excluding carboxylic acids is 2. The van der Waals surface area contributed by atoms with Gasteiger partial charge in [0.05, 0.1) is 22.9 Å². The topological polar surface area (TPSA) is 110 Å². The van der Waals surface area contributed by atoms with E-state index in [0.717, 1.165) is 5.56 Å². The van der Waals surface area contributed by atoms with Crippen LogP contribution in [0.4, 0.5) is 5.82 Å². The molecule has 0 aliphatic carbocycles. The number of nitrogens with zero attached hydrogens (tertiary/aromatic N) is 2. The Labute approximate surface area is 157 Å². The molecule has 1 aliphatic heterocycles. The van der Waals surface area contributed by atoms with Crippen LogP contribution in [-0.4, -0.2) is 36.1 Å². The summed E-state index contributed by atoms with van der Waals surface area (Å²) in [5.41, 5.74) is 2.55. The Kier molecular flexibility index (Phi) is 5.05. The van der Waals surface area contributed by atoms with Crippen molar-refractivity contribution in [3.63, 3.8) is 0 Å². The second-order valence-electron chi connectivity index (χ2n) is 6.79. The molecule has 3 rings (SSSR count). The molecule has 0 bridgehead atoms. The molecule has 0 saturated heterocycles. The van der Waals surface area contributed by atoms with Gasteiger partial charge >= 0.3 is 11.8 Å². The molecule has 0 fully saturated rings. The molecule has 2 N–H and O–H groups in total. The van der Waals surface area contributed by atoms with E-state index in [9.17, 15) is 18.0 Å². The van der Waals surface area contributed by atoms with Gasteiger partial charge in [0.2, 0.25) is 0 Å². The van der Waals surface area contributed by atoms with Crippen LogP contribution in [0.25, 0.3) is 5.69 Å². The van der Waals surface area contributed by atoms with E-state index >= 15 is 0 Å². The Morgan fingerprint density at radius 3 is 2.48 bits per heavy atom. The maximum absolute atomic E-state index is 12.3. The minimum atomic E-state index is -3.30. The quantitative estimate of drug-likeness (QED) is 0.768. The van der Waals surface area contributed by atoms with Crippen molar-refractivity contribution < 1.29 is 18.0 Å². The van der Waals surface area contributed by atoms with Gasteiger partial charge in [-0.3, -0.25) is 9.59 Å². The molecule has 2 amide bonds. The normalized spacial score (nSPS) is 15.8. The third kappa shape index (κ3) is 4.02. The van der Waals surface area contributed by atoms with Gasteiger partial charge in [-0.05, 0) is 32.4 Å². The smallest absolute Gasteiger partial charge is 0.314 e. The number of amides is 2. The lowest BCUT2D eigenvalue weighted by Crippen LogP contribution is -2.40. The number of fused-ring (bicyclic) bond motifs is 1. The third-order valence-electron chi connectivity index (χ3n) is 4.49. The maximum Gasteiger partial charge on any atom is 0.314 e. The summed E-state index contributed by atoms with van der Waals surface area (Å²) in [6, 6.07) is 7.28. The van der Waals surface area contributed by atoms with E-state index in [4.69, 9.17) is 0 Å². The Bertz CT molecular complexity index is 993. The van der Waals surface area contributed by atoms with Gasteiger partial charge in [0, 0.05) is 11.6 Å². The lowest BCUT2D eigenvalue weighted by atomic mass is 10.2. The number of carbonyl (C=O) groups is 2. The van der Waals surface area contributed by atoms with E-state index in [2.05, 4.69) is 15.7 Å². The highest BCUT2D eigenvalue weighted by Crippen LogP contribution is 2.32. The highest BCUT2D eigenvalue weighted by Gasteiger charge is 2.33. The molecule has 2 aromatic rings. The van der Waals surface area contributed by atoms with E-state index < -0.39 is 21.7 Å². The fourth-order valence-corrected chi connectivity index (χ4v) is 4.29. The fraction of sp³-hybridized carbons (Fsp3) is 0.389. The highest BCUT2D eigenvalue weighted by molar-refractivity contribution is 7.90. The molecule has 2 heterocycles. The summed E-state index contributed by atoms with van der Waals surface area (Å²) in [5.74, 6) is -1.79. The van der Waals surface area contributed by atoms with Gasteiger partial charge < -0.3 is 10.6 Å². The molecule has 0 radical (unpaired) electrons. The molecule has 9 heteroatoms. The molecule has 1 aromatic carbocycles. The zero-order valence-electron chi connectivity index (χ0n) is 15.4. The van der Waals surface area contributed by atoms with Crippen LogP contribution in [0.2, 0.25) is 0 Å². The molecule has 1 aliphatic rings. The summed E-state index contributed by atoms with van der Waals surface area (Å²) in [6.07, 6.45) is 0.688. The van der Waals surface area contributed by atoms with Gasteiger partial charge in [-0.25, -0.2) is 13.1 Å². The molecule has 8 nitrogen and oxygen atoms in total. The number of sulfone groups is 1. The number of aryl methyl sites for hydroxylation is 1. The maximum atomic E-state index is 12.3. The summed E-state index contributed by atoms with van der Waals surface area (Å²) in [4.78, 5) is 24.4. The predicted octanol–water partition coefficient (Wildman–Crippen LogP) is 1.46. The summed E-state index contributed by atoms with van der Waals surface area (Å²) in [5, 5.41) is 9.52. The lowest BCUT2D eigenvalue weighted by Gasteiger charge is -2.13. The van der Waals surface area contributed by atoms with Gasteiger partial charge in [0.25, 0.3) is 0 Å². The standard InChI is InChI=1S/C18H22N4O4S/c1-4-12(3)19-17(23)18(24)20-16-14-9-27(25,26)10-15(14)21-22(16)13-7-5-11(2)6-8-13/h5-8,12H,4,9-10H2,1-3H3,(H,19,23)(H,20,24). The first-order valence-electron chi connectivity index (χ1n) is 8.70. The number of hydrogen-bond acceptors (Lipinski definition) is 5. The Morgan fingerprint density at radius 1 is 1.19 bits per heavy atom. The van der Waals surface area contributed by atoms with Crippen molar-refractivity contribution in [1.82, 2.24) is 15.1 Å². The van der Waals surface area contributed by atoms with E-state index in [-0.39, 0.29) is 23.4 Å². The van der Waals surface area contributed by atoms with Crippen LogP contribution in [0.3, 0.4) is 0 Å². The van der Waals surface area contributed by atoms with Gasteiger partial charge in [0.15, 0.2) is 9.84 Å². The second kappa shape index (κ2) is 7.15. The zero-order valence-corrected chi connectivity index (χ0v) is 16.3. The summed E-state index contributed by atoms with van der Waals surface area (Å²) >= 11 is 0. The highest BCUT2D eigenvalue weighted by atomic mass is 32.2. The van der Waals surface area contributed by atoms with Crippen LogP contribution >= 0.6 is 0 Å². The van der Waals surface area contributed by atoms with Gasteiger partial charge in [0.1, 0.15) is 5.82 Å². The summed E-state index contributed by atoms with van der Waals surface area (Å²) < 4.78 is 25.4. The zero-order chi connectivity index (χ0) is 19.8. The third-order valence-corrected chi connectivity index (χ3v) is 5.94. The molecule has 144 valence electrons. The molecular weight excluding hydrogens is 368 g/mol. The minimum Gasteiger partial charge on any atom is -0.345 e. The van der Waals surface area contributed by atoms with Crippen molar-refractivity contribution in [2.45, 2.75) is 44.7 Å². The largest absolute Gasteiger partial charge is 0.345 e. The Hall–Kier alpha value is -2.68. The number of nitrogens with one attached hydrogen (secondary N) is 2. The van der Waals surface area contributed by atoms with Crippen LogP contribution in [-0.2, 0) is 30.9 Å². The first-order chi connectivity index (χ1) is 12.7. The fourth-order valence-electron chi connectivity index (χ4n) is 2.80. The second-order valence-corrected chi connectivity index (χ2v) is 8.85. The SMILES string of the molecule is CCC(C)NC(=O)C(=O)Nc1c2c(nn1-c1ccc(C)cc1)CS(=O)(=O)C2. The predicted molar refractivity (Wildman–Crippen MR) is 101 cm³/mol. The average molecular weight is 390 g/mol. The first kappa shape index (κ1) is 19.1. The number of rotatable bonds is 4. The summed E-state index contributed by atoms with van der Waals surface area (Å²) in [6.45, 7) is 5.64. The van der Waals surface area contributed by atoms with Crippen molar-refractivity contribution in [1.29, 1.82) is 0 Å². The molecule has 1 atom stereocenters. The van der Waals surface area contributed by atoms with Crippen molar-refractivity contribution >= 4 is 27.5 Å². The van der Waals surface area contributed by atoms with Crippen LogP contribution in [0, 0.1) is 6.92 Å². The Balaban J connectivity index is 1.96. The molecule has 27 heavy (non-hydrogen) atoms. The van der Waals surface area contributed by atoms with Gasteiger partial charge in [-0.2, -0.15) is 5.10 Å². The number of benzene rings is 1. The molecule has 0 spiro atoms. The monoisotopic (exact) mass is 390 g/mol. The Morgan fingerprint density at radius 2 is 1.85 bits per heavy atom. The first-order valence-corrected chi connectivity index (χ1v) is 10.5. The molecule has 0 saturated carbocycles. The number of anilines is 1. The van der Waals surface area contributed by atoms with Gasteiger partial charge in [-0.15, -0.1) is 0 Å². The van der Waals surface area contributed by atoms with E-state index in [1.807, 2.05) is 38.1 Å². The van der Waals surface area contributed by atoms with Crippen molar-refractivity contribution in [2.24, 2.45) is 0 Å². The minimum absolute atomic E-state index is 0.142. The van der Waals surface area contributed by atoms with Crippen LogP contribution in [0.1, 0.15) is 37.1 Å². The summed E-state index contributed by atoms with van der Waals surface area (Å²) in [7, 11) is -3.30. The van der Waals surface area contributed by atoms with Crippen LogP contribution in [0.5, 0.6) is 0 Å². The molecular formula is C18H22N4O4S. The van der Waals surface area contributed by atoms with Crippen LogP contribution < -0.4 is 10.6 Å². The van der Waals surface area contributed by atoms with E-state index in [0.29, 0.717) is 23.4 Å². The van der Waals surface area contributed by atoms with Crippen molar-refractivity contribution in [2.75, 3.05) is 5.32 Å².